The zero-order valence-electron chi connectivity index (χ0n) is 13.3. The first-order valence-corrected chi connectivity index (χ1v) is 8.87. The van der Waals surface area contributed by atoms with Crippen molar-refractivity contribution in [2.45, 2.75) is 31.9 Å². The lowest BCUT2D eigenvalue weighted by molar-refractivity contribution is -0.116. The molecule has 0 saturated carbocycles. The molecular formula is C15H17N5O2S2. The van der Waals surface area contributed by atoms with Crippen LogP contribution in [0.5, 0.6) is 5.75 Å². The second-order valence-corrected chi connectivity index (χ2v) is 7.27. The van der Waals surface area contributed by atoms with Crippen molar-refractivity contribution in [3.8, 4) is 5.75 Å². The molecule has 3 rings (SSSR count). The van der Waals surface area contributed by atoms with Gasteiger partial charge in [0.25, 0.3) is 5.13 Å². The fourth-order valence-corrected chi connectivity index (χ4v) is 3.43. The summed E-state index contributed by atoms with van der Waals surface area (Å²) in [6, 6.07) is 3.24. The molecular weight excluding hydrogens is 346 g/mol. The van der Waals surface area contributed by atoms with Crippen LogP contribution in [0.2, 0.25) is 0 Å². The third-order valence-electron chi connectivity index (χ3n) is 3.73. The van der Waals surface area contributed by atoms with Crippen LogP contribution in [-0.4, -0.2) is 27.8 Å². The summed E-state index contributed by atoms with van der Waals surface area (Å²) in [5.74, 6) is 0.0945. The molecule has 1 unspecified atom stereocenters. The number of carbonyl (C=O) groups excluding carboxylic acids is 1. The molecule has 0 spiro atoms. The van der Waals surface area contributed by atoms with E-state index in [1.54, 1.807) is 17.0 Å². The summed E-state index contributed by atoms with van der Waals surface area (Å²) in [6.45, 7) is 4.02. The van der Waals surface area contributed by atoms with Crippen LogP contribution in [0.3, 0.4) is 0 Å². The predicted octanol–water partition coefficient (Wildman–Crippen LogP) is 3.95. The van der Waals surface area contributed by atoms with Gasteiger partial charge in [0.05, 0.1) is 10.9 Å². The molecule has 126 valence electrons. The number of benzene rings is 1. The van der Waals surface area contributed by atoms with E-state index in [1.165, 1.54) is 18.3 Å². The molecule has 7 nitrogen and oxygen atoms in total. The summed E-state index contributed by atoms with van der Waals surface area (Å²) in [5, 5.41) is 27.6. The monoisotopic (exact) mass is 363 g/mol. The smallest absolute Gasteiger partial charge is 0.251 e. The maximum Gasteiger partial charge on any atom is 0.251 e. The molecule has 0 radical (unpaired) electrons. The normalized spacial score (nSPS) is 15.5. The summed E-state index contributed by atoms with van der Waals surface area (Å²) >= 11 is 5.63. The van der Waals surface area contributed by atoms with Gasteiger partial charge >= 0.3 is 0 Å². The number of rotatable bonds is 3. The van der Waals surface area contributed by atoms with Crippen molar-refractivity contribution in [1.82, 2.24) is 10.2 Å². The summed E-state index contributed by atoms with van der Waals surface area (Å²) in [6.07, 6.45) is 1.51. The lowest BCUT2D eigenvalue weighted by atomic mass is 9.99. The number of phenolic OH excluding ortho intramolecular Hbond substituents is 1. The van der Waals surface area contributed by atoms with Crippen LogP contribution in [0, 0.1) is 0 Å². The van der Waals surface area contributed by atoms with Crippen molar-refractivity contribution in [3.63, 3.8) is 0 Å². The molecule has 24 heavy (non-hydrogen) atoms. The van der Waals surface area contributed by atoms with E-state index in [-0.39, 0.29) is 16.9 Å². The molecule has 0 bridgehead atoms. The maximum absolute atomic E-state index is 11.9. The van der Waals surface area contributed by atoms with E-state index < -0.39 is 0 Å². The Hall–Kier alpha value is -2.00. The zero-order valence-corrected chi connectivity index (χ0v) is 15.0. The number of nitrogens with zero attached hydrogens (tertiary/aromatic N) is 5. The fraction of sp³-hybridized carbons (Fsp3) is 0.400. The van der Waals surface area contributed by atoms with Gasteiger partial charge in [0, 0.05) is 19.0 Å². The molecule has 0 fully saturated rings. The lowest BCUT2D eigenvalue weighted by Crippen LogP contribution is -2.33. The Morgan fingerprint density at radius 1 is 1.42 bits per heavy atom. The Balaban J connectivity index is 1.99. The van der Waals surface area contributed by atoms with Crippen molar-refractivity contribution in [3.05, 3.63) is 22.7 Å². The van der Waals surface area contributed by atoms with Gasteiger partial charge in [-0.15, -0.1) is 20.4 Å². The summed E-state index contributed by atoms with van der Waals surface area (Å²) < 4.78 is 0. The number of thiol groups is 1. The Bertz CT molecular complexity index is 803. The van der Waals surface area contributed by atoms with Crippen molar-refractivity contribution in [2.24, 2.45) is 10.2 Å². The lowest BCUT2D eigenvalue weighted by Gasteiger charge is -2.29. The van der Waals surface area contributed by atoms with Crippen LogP contribution in [0.1, 0.15) is 36.1 Å². The molecule has 1 atom stereocenters. The molecule has 0 saturated heterocycles. The second kappa shape index (κ2) is 6.86. The zero-order chi connectivity index (χ0) is 17.3. The Morgan fingerprint density at radius 3 is 2.88 bits per heavy atom. The number of aromatic hydroxyl groups is 1. The van der Waals surface area contributed by atoms with Crippen molar-refractivity contribution in [2.75, 3.05) is 11.4 Å². The molecule has 1 aliphatic heterocycles. The van der Waals surface area contributed by atoms with E-state index in [2.05, 4.69) is 33.1 Å². The SMILES string of the molecule is CC(=O)N1CCCc2c(O)ccc(/N=N/c3nnc(C(C)S)s3)c21. The van der Waals surface area contributed by atoms with Gasteiger partial charge in [0.2, 0.25) is 5.91 Å². The van der Waals surface area contributed by atoms with Gasteiger partial charge in [-0.1, -0.05) is 11.3 Å². The van der Waals surface area contributed by atoms with Crippen LogP contribution in [0.15, 0.2) is 22.4 Å². The van der Waals surface area contributed by atoms with Gasteiger partial charge in [0.15, 0.2) is 0 Å². The average molecular weight is 363 g/mol. The Kier molecular flexibility index (Phi) is 4.81. The Labute approximate surface area is 148 Å². The number of fused-ring (bicyclic) bond motifs is 1. The average Bonchev–Trinajstić information content (AvgIpc) is 3.03. The predicted molar refractivity (Wildman–Crippen MR) is 95.9 cm³/mol. The highest BCUT2D eigenvalue weighted by Crippen LogP contribution is 2.42. The molecule has 2 heterocycles. The van der Waals surface area contributed by atoms with Gasteiger partial charge in [-0.3, -0.25) is 4.79 Å². The number of anilines is 1. The quantitative estimate of drug-likeness (QED) is 0.638. The molecule has 1 aliphatic rings. The summed E-state index contributed by atoms with van der Waals surface area (Å²) in [4.78, 5) is 13.6. The minimum Gasteiger partial charge on any atom is -0.508 e. The van der Waals surface area contributed by atoms with E-state index in [0.29, 0.717) is 29.5 Å². The van der Waals surface area contributed by atoms with E-state index in [0.717, 1.165) is 17.0 Å². The van der Waals surface area contributed by atoms with Crippen LogP contribution in [0.4, 0.5) is 16.5 Å². The van der Waals surface area contributed by atoms with Crippen molar-refractivity contribution < 1.29 is 9.90 Å². The maximum atomic E-state index is 11.9. The second-order valence-electron chi connectivity index (χ2n) is 5.50. The number of amides is 1. The number of carbonyl (C=O) groups is 1. The highest BCUT2D eigenvalue weighted by atomic mass is 32.1. The topological polar surface area (TPSA) is 91.0 Å². The highest BCUT2D eigenvalue weighted by molar-refractivity contribution is 7.80. The van der Waals surface area contributed by atoms with Crippen molar-refractivity contribution in [1.29, 1.82) is 0 Å². The minimum atomic E-state index is -0.0832. The molecule has 1 amide bonds. The third kappa shape index (κ3) is 3.27. The fourth-order valence-electron chi connectivity index (χ4n) is 2.61. The van der Waals surface area contributed by atoms with Crippen LogP contribution >= 0.6 is 24.0 Å². The van der Waals surface area contributed by atoms with Gasteiger partial charge < -0.3 is 10.0 Å². The van der Waals surface area contributed by atoms with Crippen molar-refractivity contribution >= 4 is 46.4 Å². The number of hydrogen-bond donors (Lipinski definition) is 2. The molecule has 9 heteroatoms. The molecule has 1 N–H and O–H groups in total. The molecule has 2 aromatic rings. The Morgan fingerprint density at radius 2 is 2.21 bits per heavy atom. The number of aromatic nitrogens is 2. The van der Waals surface area contributed by atoms with E-state index in [1.807, 2.05) is 6.92 Å². The number of phenols is 1. The summed E-state index contributed by atoms with van der Waals surface area (Å²) in [5.41, 5.74) is 1.90. The first kappa shape index (κ1) is 16.8. The first-order valence-electron chi connectivity index (χ1n) is 7.53. The number of hydrogen-bond acceptors (Lipinski definition) is 8. The van der Waals surface area contributed by atoms with E-state index in [9.17, 15) is 9.90 Å². The molecule has 1 aromatic heterocycles. The summed E-state index contributed by atoms with van der Waals surface area (Å²) in [7, 11) is 0. The van der Waals surface area contributed by atoms with E-state index in [4.69, 9.17) is 0 Å². The highest BCUT2D eigenvalue weighted by Gasteiger charge is 2.25. The van der Waals surface area contributed by atoms with Gasteiger partial charge in [-0.05, 0) is 31.9 Å². The van der Waals surface area contributed by atoms with Crippen LogP contribution < -0.4 is 4.90 Å². The van der Waals surface area contributed by atoms with Gasteiger partial charge in [0.1, 0.15) is 16.4 Å². The van der Waals surface area contributed by atoms with Gasteiger partial charge in [-0.2, -0.15) is 12.6 Å². The third-order valence-corrected chi connectivity index (χ3v) is 5.14. The van der Waals surface area contributed by atoms with E-state index >= 15 is 0 Å². The number of azo groups is 1. The minimum absolute atomic E-state index is 0.0129. The van der Waals surface area contributed by atoms with Crippen LogP contribution in [-0.2, 0) is 11.2 Å². The van der Waals surface area contributed by atoms with Gasteiger partial charge in [-0.25, -0.2) is 0 Å². The largest absolute Gasteiger partial charge is 0.508 e. The molecule has 0 aliphatic carbocycles. The standard InChI is InChI=1S/C15H17N5O2S2/c1-8(23)14-17-19-15(24-14)18-16-11-5-6-12(22)10-4-3-7-20(9(2)21)13(10)11/h5-6,8,22-23H,3-4,7H2,1-2H3/b18-16+. The van der Waals surface area contributed by atoms with Crippen LogP contribution in [0.25, 0.3) is 0 Å². The first-order chi connectivity index (χ1) is 11.5. The molecule has 1 aromatic carbocycles.